The van der Waals surface area contributed by atoms with Crippen LogP contribution in [0.15, 0.2) is 53.1 Å². The third kappa shape index (κ3) is 3.70. The highest BCUT2D eigenvalue weighted by atomic mass is 35.5. The summed E-state index contributed by atoms with van der Waals surface area (Å²) in [5.74, 6) is 0.159. The molecule has 1 N–H and O–H groups in total. The predicted molar refractivity (Wildman–Crippen MR) is 99.0 cm³/mol. The molecule has 0 bridgehead atoms. The first kappa shape index (κ1) is 17.5. The Labute approximate surface area is 155 Å². The first-order valence-electron chi connectivity index (χ1n) is 7.75. The Balaban J connectivity index is 1.91. The number of hydrogen-bond acceptors (Lipinski definition) is 3. The van der Waals surface area contributed by atoms with Crippen molar-refractivity contribution in [1.82, 2.24) is 10.5 Å². The highest BCUT2D eigenvalue weighted by molar-refractivity contribution is 6.33. The van der Waals surface area contributed by atoms with E-state index in [1.54, 1.807) is 25.1 Å². The van der Waals surface area contributed by atoms with Gasteiger partial charge in [0.05, 0.1) is 11.1 Å². The van der Waals surface area contributed by atoms with Gasteiger partial charge < -0.3 is 9.84 Å². The number of hydrogen-bond donors (Lipinski definition) is 1. The lowest BCUT2D eigenvalue weighted by atomic mass is 10.0. The predicted octanol–water partition coefficient (Wildman–Crippen LogP) is 5.45. The highest BCUT2D eigenvalue weighted by Crippen LogP contribution is 2.31. The molecule has 0 saturated heterocycles. The first-order chi connectivity index (χ1) is 12.0. The minimum absolute atomic E-state index is 0.223. The van der Waals surface area contributed by atoms with Crippen LogP contribution >= 0.6 is 23.2 Å². The van der Waals surface area contributed by atoms with E-state index < -0.39 is 0 Å². The number of carbonyl (C=O) groups excluding carboxylic acids is 1. The molecule has 4 nitrogen and oxygen atoms in total. The lowest BCUT2D eigenvalue weighted by Crippen LogP contribution is -2.27. The third-order valence-electron chi connectivity index (χ3n) is 3.92. The fraction of sp³-hybridized carbons (Fsp3) is 0.158. The summed E-state index contributed by atoms with van der Waals surface area (Å²) in [6.45, 7) is 3.59. The second-order valence-electron chi connectivity index (χ2n) is 5.69. The molecule has 1 amide bonds. The van der Waals surface area contributed by atoms with Gasteiger partial charge in [-0.25, -0.2) is 0 Å². The Morgan fingerprint density at radius 1 is 1.16 bits per heavy atom. The van der Waals surface area contributed by atoms with Crippen LogP contribution < -0.4 is 5.32 Å². The summed E-state index contributed by atoms with van der Waals surface area (Å²) in [6.07, 6.45) is 0. The van der Waals surface area contributed by atoms with Crippen LogP contribution in [0.25, 0.3) is 11.3 Å². The zero-order valence-electron chi connectivity index (χ0n) is 13.7. The van der Waals surface area contributed by atoms with Crippen molar-refractivity contribution in [2.45, 2.75) is 19.9 Å². The normalized spacial score (nSPS) is 12.0. The molecule has 0 aliphatic heterocycles. The van der Waals surface area contributed by atoms with Gasteiger partial charge in [0.2, 0.25) is 0 Å². The number of rotatable bonds is 4. The molecule has 25 heavy (non-hydrogen) atoms. The molecule has 128 valence electrons. The number of halogens is 2. The Morgan fingerprint density at radius 2 is 1.92 bits per heavy atom. The number of benzene rings is 2. The minimum atomic E-state index is -0.277. The van der Waals surface area contributed by atoms with Gasteiger partial charge in [0.1, 0.15) is 17.0 Å². The summed E-state index contributed by atoms with van der Waals surface area (Å²) < 4.78 is 5.24. The van der Waals surface area contributed by atoms with Crippen LogP contribution in [0.5, 0.6) is 0 Å². The van der Waals surface area contributed by atoms with Crippen LogP contribution in [0.2, 0.25) is 10.0 Å². The number of nitrogens with one attached hydrogen (secondary N) is 1. The molecule has 0 aliphatic carbocycles. The standard InChI is InChI=1S/C19H16Cl2N2O2/c1-11(13-6-5-7-14(20)10-13)22-19(24)17-12(2)25-23-18(17)15-8-3-4-9-16(15)21/h3-11H,1-2H3,(H,22,24). The molecule has 3 rings (SSSR count). The van der Waals surface area contributed by atoms with Crippen LogP contribution in [0.3, 0.4) is 0 Å². The van der Waals surface area contributed by atoms with E-state index in [-0.39, 0.29) is 11.9 Å². The van der Waals surface area contributed by atoms with E-state index in [0.29, 0.717) is 32.6 Å². The van der Waals surface area contributed by atoms with Crippen LogP contribution in [-0.2, 0) is 0 Å². The van der Waals surface area contributed by atoms with Crippen molar-refractivity contribution in [3.05, 3.63) is 75.5 Å². The SMILES string of the molecule is Cc1onc(-c2ccccc2Cl)c1C(=O)NC(C)c1cccc(Cl)c1. The number of aryl methyl sites for hydroxylation is 1. The van der Waals surface area contributed by atoms with Crippen molar-refractivity contribution in [2.24, 2.45) is 0 Å². The Kier molecular flexibility index (Phi) is 5.11. The molecule has 6 heteroatoms. The van der Waals surface area contributed by atoms with Gasteiger partial charge in [0.25, 0.3) is 5.91 Å². The summed E-state index contributed by atoms with van der Waals surface area (Å²) in [4.78, 5) is 12.8. The number of amides is 1. The molecule has 1 unspecified atom stereocenters. The Hall–Kier alpha value is -2.30. The van der Waals surface area contributed by atoms with Gasteiger partial charge in [-0.05, 0) is 37.6 Å². The molecule has 0 saturated carbocycles. The third-order valence-corrected chi connectivity index (χ3v) is 4.48. The van der Waals surface area contributed by atoms with Crippen molar-refractivity contribution in [3.8, 4) is 11.3 Å². The molecule has 1 atom stereocenters. The summed E-state index contributed by atoms with van der Waals surface area (Å²) in [6, 6.07) is 14.3. The molecule has 1 aromatic heterocycles. The van der Waals surface area contributed by atoms with Crippen LogP contribution in [0, 0.1) is 6.92 Å². The summed E-state index contributed by atoms with van der Waals surface area (Å²) >= 11 is 12.3. The van der Waals surface area contributed by atoms with Gasteiger partial charge in [-0.2, -0.15) is 0 Å². The molecule has 3 aromatic rings. The largest absolute Gasteiger partial charge is 0.360 e. The fourth-order valence-corrected chi connectivity index (χ4v) is 3.03. The molecule has 0 aliphatic rings. The number of carbonyl (C=O) groups is 1. The molecule has 0 spiro atoms. The summed E-state index contributed by atoms with van der Waals surface area (Å²) in [5, 5.41) is 8.11. The quantitative estimate of drug-likeness (QED) is 0.660. The van der Waals surface area contributed by atoms with E-state index in [0.717, 1.165) is 5.56 Å². The lowest BCUT2D eigenvalue weighted by molar-refractivity contribution is 0.0939. The monoisotopic (exact) mass is 374 g/mol. The Bertz CT molecular complexity index is 921. The zero-order chi connectivity index (χ0) is 18.0. The number of nitrogens with zero attached hydrogens (tertiary/aromatic N) is 1. The molecule has 2 aromatic carbocycles. The molecule has 1 heterocycles. The molecular weight excluding hydrogens is 359 g/mol. The second kappa shape index (κ2) is 7.30. The fourth-order valence-electron chi connectivity index (χ4n) is 2.60. The first-order valence-corrected chi connectivity index (χ1v) is 8.50. The van der Waals surface area contributed by atoms with Crippen molar-refractivity contribution in [1.29, 1.82) is 0 Å². The van der Waals surface area contributed by atoms with Gasteiger partial charge in [0.15, 0.2) is 0 Å². The van der Waals surface area contributed by atoms with E-state index in [9.17, 15) is 4.79 Å². The van der Waals surface area contributed by atoms with E-state index >= 15 is 0 Å². The van der Waals surface area contributed by atoms with E-state index in [4.69, 9.17) is 27.7 Å². The topological polar surface area (TPSA) is 55.1 Å². The average Bonchev–Trinajstić information content (AvgIpc) is 2.96. The van der Waals surface area contributed by atoms with E-state index in [1.807, 2.05) is 37.3 Å². The summed E-state index contributed by atoms with van der Waals surface area (Å²) in [7, 11) is 0. The van der Waals surface area contributed by atoms with Gasteiger partial charge in [-0.3, -0.25) is 4.79 Å². The van der Waals surface area contributed by atoms with Crippen LogP contribution in [0.4, 0.5) is 0 Å². The molecule has 0 fully saturated rings. The maximum absolute atomic E-state index is 12.8. The minimum Gasteiger partial charge on any atom is -0.360 e. The van der Waals surface area contributed by atoms with E-state index in [2.05, 4.69) is 10.5 Å². The smallest absolute Gasteiger partial charge is 0.257 e. The average molecular weight is 375 g/mol. The summed E-state index contributed by atoms with van der Waals surface area (Å²) in [5.41, 5.74) is 2.37. The lowest BCUT2D eigenvalue weighted by Gasteiger charge is -2.15. The molecular formula is C19H16Cl2N2O2. The van der Waals surface area contributed by atoms with Gasteiger partial charge >= 0.3 is 0 Å². The number of aromatic nitrogens is 1. The van der Waals surface area contributed by atoms with Crippen molar-refractivity contribution in [3.63, 3.8) is 0 Å². The van der Waals surface area contributed by atoms with Gasteiger partial charge in [0, 0.05) is 10.6 Å². The zero-order valence-corrected chi connectivity index (χ0v) is 15.2. The van der Waals surface area contributed by atoms with Crippen LogP contribution in [0.1, 0.15) is 34.6 Å². The van der Waals surface area contributed by atoms with Crippen molar-refractivity contribution < 1.29 is 9.32 Å². The van der Waals surface area contributed by atoms with E-state index in [1.165, 1.54) is 0 Å². The van der Waals surface area contributed by atoms with Crippen molar-refractivity contribution >= 4 is 29.1 Å². The van der Waals surface area contributed by atoms with Gasteiger partial charge in [-0.1, -0.05) is 58.7 Å². The molecule has 0 radical (unpaired) electrons. The van der Waals surface area contributed by atoms with Crippen LogP contribution in [-0.4, -0.2) is 11.1 Å². The van der Waals surface area contributed by atoms with Gasteiger partial charge in [-0.15, -0.1) is 0 Å². The highest BCUT2D eigenvalue weighted by Gasteiger charge is 2.24. The Morgan fingerprint density at radius 3 is 2.64 bits per heavy atom. The maximum atomic E-state index is 12.8. The second-order valence-corrected chi connectivity index (χ2v) is 6.54. The van der Waals surface area contributed by atoms with Crippen molar-refractivity contribution in [2.75, 3.05) is 0 Å². The maximum Gasteiger partial charge on any atom is 0.257 e.